The lowest BCUT2D eigenvalue weighted by Crippen LogP contribution is -2.49. The maximum absolute atomic E-state index is 12.8. The number of nitrogens with zero attached hydrogens (tertiary/aromatic N) is 1. The summed E-state index contributed by atoms with van der Waals surface area (Å²) in [6.45, 7) is 4.26. The maximum Gasteiger partial charge on any atom is 0.417 e. The first kappa shape index (κ1) is 13.7. The third-order valence-corrected chi connectivity index (χ3v) is 3.68. The normalized spacial score (nSPS) is 21.2. The fraction of sp³-hybridized carbons (Fsp3) is 0.500. The summed E-state index contributed by atoms with van der Waals surface area (Å²) in [6, 6.07) is 4.68. The van der Waals surface area contributed by atoms with Crippen LogP contribution in [0.1, 0.15) is 12.5 Å². The molecule has 1 aliphatic rings. The molecule has 2 nitrogen and oxygen atoms in total. The van der Waals surface area contributed by atoms with Crippen molar-refractivity contribution in [3.8, 4) is 0 Å². The third-order valence-electron chi connectivity index (χ3n) is 2.99. The van der Waals surface area contributed by atoms with Gasteiger partial charge in [-0.3, -0.25) is 0 Å². The Morgan fingerprint density at radius 1 is 1.39 bits per heavy atom. The van der Waals surface area contributed by atoms with Crippen LogP contribution in [-0.4, -0.2) is 25.7 Å². The van der Waals surface area contributed by atoms with Crippen molar-refractivity contribution in [1.82, 2.24) is 5.32 Å². The summed E-state index contributed by atoms with van der Waals surface area (Å²) in [4.78, 5) is 1.98. The average Bonchev–Trinajstić information content (AvgIpc) is 2.28. The van der Waals surface area contributed by atoms with Crippen LogP contribution in [0.3, 0.4) is 0 Å². The summed E-state index contributed by atoms with van der Waals surface area (Å²) < 4.78 is 38.5. The van der Waals surface area contributed by atoms with Crippen LogP contribution >= 0.6 is 15.9 Å². The van der Waals surface area contributed by atoms with Crippen molar-refractivity contribution in [2.75, 3.05) is 24.5 Å². The van der Waals surface area contributed by atoms with Gasteiger partial charge in [-0.15, -0.1) is 0 Å². The number of alkyl halides is 3. The van der Waals surface area contributed by atoms with Gasteiger partial charge in [-0.2, -0.15) is 13.2 Å². The van der Waals surface area contributed by atoms with Crippen molar-refractivity contribution in [2.24, 2.45) is 0 Å². The zero-order valence-corrected chi connectivity index (χ0v) is 11.5. The molecule has 0 amide bonds. The van der Waals surface area contributed by atoms with Gasteiger partial charge in [-0.25, -0.2) is 0 Å². The van der Waals surface area contributed by atoms with E-state index in [1.807, 2.05) is 11.8 Å². The molecule has 0 aromatic heterocycles. The molecule has 1 N–H and O–H groups in total. The molecule has 6 heteroatoms. The van der Waals surface area contributed by atoms with Gasteiger partial charge in [-0.1, -0.05) is 15.9 Å². The predicted octanol–water partition coefficient (Wildman–Crippen LogP) is 3.27. The van der Waals surface area contributed by atoms with Crippen molar-refractivity contribution in [2.45, 2.75) is 19.1 Å². The molecule has 0 radical (unpaired) electrons. The van der Waals surface area contributed by atoms with Crippen LogP contribution in [0.15, 0.2) is 22.7 Å². The van der Waals surface area contributed by atoms with Crippen LogP contribution in [0.4, 0.5) is 18.9 Å². The molecule has 100 valence electrons. The topological polar surface area (TPSA) is 15.3 Å². The summed E-state index contributed by atoms with van der Waals surface area (Å²) in [7, 11) is 0. The lowest BCUT2D eigenvalue weighted by molar-refractivity contribution is -0.138. The molecular formula is C12H14BrF3N2. The monoisotopic (exact) mass is 322 g/mol. The molecule has 1 atom stereocenters. The van der Waals surface area contributed by atoms with E-state index in [0.29, 0.717) is 5.69 Å². The number of hydrogen-bond donors (Lipinski definition) is 1. The molecule has 1 aliphatic heterocycles. The van der Waals surface area contributed by atoms with E-state index in [2.05, 4.69) is 21.2 Å². The highest BCUT2D eigenvalue weighted by atomic mass is 79.9. The summed E-state index contributed by atoms with van der Waals surface area (Å²) in [5.74, 6) is 0. The van der Waals surface area contributed by atoms with E-state index >= 15 is 0 Å². The minimum absolute atomic E-state index is 0.0851. The van der Waals surface area contributed by atoms with Gasteiger partial charge >= 0.3 is 6.18 Å². The summed E-state index contributed by atoms with van der Waals surface area (Å²) in [5.41, 5.74) is 0.00469. The lowest BCUT2D eigenvalue weighted by atomic mass is 10.1. The van der Waals surface area contributed by atoms with Gasteiger partial charge in [-0.05, 0) is 25.1 Å². The van der Waals surface area contributed by atoms with Gasteiger partial charge < -0.3 is 10.2 Å². The summed E-state index contributed by atoms with van der Waals surface area (Å²) in [6.07, 6.45) is -4.32. The Hall–Kier alpha value is -0.750. The van der Waals surface area contributed by atoms with E-state index < -0.39 is 11.7 Å². The first-order valence-corrected chi connectivity index (χ1v) is 6.52. The minimum Gasteiger partial charge on any atom is -0.369 e. The average molecular weight is 323 g/mol. The van der Waals surface area contributed by atoms with Crippen LogP contribution in [0.25, 0.3) is 0 Å². The largest absolute Gasteiger partial charge is 0.417 e. The molecule has 1 unspecified atom stereocenters. The fourth-order valence-electron chi connectivity index (χ4n) is 2.09. The molecule has 2 rings (SSSR count). The van der Waals surface area contributed by atoms with Crippen LogP contribution in [0.5, 0.6) is 0 Å². The molecule has 0 aliphatic carbocycles. The highest BCUT2D eigenvalue weighted by Crippen LogP contribution is 2.37. The first-order chi connectivity index (χ1) is 8.38. The van der Waals surface area contributed by atoms with Crippen molar-refractivity contribution < 1.29 is 13.2 Å². The molecule has 18 heavy (non-hydrogen) atoms. The van der Waals surface area contributed by atoms with Crippen LogP contribution in [0, 0.1) is 0 Å². The Bertz CT molecular complexity index is 434. The van der Waals surface area contributed by atoms with Gasteiger partial charge in [0.1, 0.15) is 0 Å². The lowest BCUT2D eigenvalue weighted by Gasteiger charge is -2.34. The summed E-state index contributed by atoms with van der Waals surface area (Å²) >= 11 is 2.95. The van der Waals surface area contributed by atoms with Gasteiger partial charge in [0.15, 0.2) is 0 Å². The van der Waals surface area contributed by atoms with Crippen molar-refractivity contribution in [3.05, 3.63) is 28.2 Å². The second-order valence-electron chi connectivity index (χ2n) is 4.46. The Balaban J connectivity index is 2.29. The number of benzene rings is 1. The van der Waals surface area contributed by atoms with Gasteiger partial charge in [0.25, 0.3) is 0 Å². The molecule has 1 aromatic rings. The standard InChI is InChI=1S/C12H14BrF3N2/c1-8-7-18(5-4-17-8)9-2-3-11(13)10(6-9)12(14,15)16/h2-3,6,8,17H,4-5,7H2,1H3. The maximum atomic E-state index is 12.8. The second-order valence-corrected chi connectivity index (χ2v) is 5.32. The number of piperazine rings is 1. The number of anilines is 1. The highest BCUT2D eigenvalue weighted by Gasteiger charge is 2.33. The van der Waals surface area contributed by atoms with Crippen LogP contribution in [-0.2, 0) is 6.18 Å². The van der Waals surface area contributed by atoms with E-state index in [-0.39, 0.29) is 10.5 Å². The zero-order chi connectivity index (χ0) is 13.3. The van der Waals surface area contributed by atoms with Gasteiger partial charge in [0, 0.05) is 35.8 Å². The fourth-order valence-corrected chi connectivity index (χ4v) is 2.57. The van der Waals surface area contributed by atoms with E-state index in [9.17, 15) is 13.2 Å². The smallest absolute Gasteiger partial charge is 0.369 e. The Morgan fingerprint density at radius 2 is 2.11 bits per heavy atom. The molecule has 1 fully saturated rings. The predicted molar refractivity (Wildman–Crippen MR) is 68.8 cm³/mol. The SMILES string of the molecule is CC1CN(c2ccc(Br)c(C(F)(F)F)c2)CCN1. The third kappa shape index (κ3) is 2.98. The van der Waals surface area contributed by atoms with Crippen molar-refractivity contribution in [3.63, 3.8) is 0 Å². The number of hydrogen-bond acceptors (Lipinski definition) is 2. The first-order valence-electron chi connectivity index (χ1n) is 5.73. The molecule has 1 saturated heterocycles. The van der Waals surface area contributed by atoms with Gasteiger partial charge in [0.2, 0.25) is 0 Å². The van der Waals surface area contributed by atoms with Crippen molar-refractivity contribution >= 4 is 21.6 Å². The quantitative estimate of drug-likeness (QED) is 0.853. The van der Waals surface area contributed by atoms with E-state index in [4.69, 9.17) is 0 Å². The summed E-state index contributed by atoms with van der Waals surface area (Å²) in [5, 5.41) is 3.26. The Kier molecular flexibility index (Phi) is 3.87. The number of rotatable bonds is 1. The van der Waals surface area contributed by atoms with Gasteiger partial charge in [0.05, 0.1) is 5.56 Å². The zero-order valence-electron chi connectivity index (χ0n) is 9.89. The minimum atomic E-state index is -4.32. The second kappa shape index (κ2) is 5.09. The highest BCUT2D eigenvalue weighted by molar-refractivity contribution is 9.10. The number of nitrogens with one attached hydrogen (secondary N) is 1. The molecular weight excluding hydrogens is 309 g/mol. The Morgan fingerprint density at radius 3 is 2.72 bits per heavy atom. The van der Waals surface area contributed by atoms with E-state index in [0.717, 1.165) is 19.6 Å². The van der Waals surface area contributed by atoms with E-state index in [1.165, 1.54) is 12.1 Å². The van der Waals surface area contributed by atoms with Crippen LogP contribution < -0.4 is 10.2 Å². The Labute approximate surface area is 112 Å². The van der Waals surface area contributed by atoms with E-state index in [1.54, 1.807) is 6.07 Å². The molecule has 0 saturated carbocycles. The van der Waals surface area contributed by atoms with Crippen molar-refractivity contribution in [1.29, 1.82) is 0 Å². The molecule has 1 heterocycles. The number of halogens is 4. The molecule has 1 aromatic carbocycles. The van der Waals surface area contributed by atoms with Crippen LogP contribution in [0.2, 0.25) is 0 Å². The molecule has 0 bridgehead atoms. The molecule has 0 spiro atoms.